The highest BCUT2D eigenvalue weighted by molar-refractivity contribution is 5.94. The fourth-order valence-corrected chi connectivity index (χ4v) is 5.76. The SMILES string of the molecule is COc1ccc(CNC(=O)C(CC(C)C)n2c(-c3ccc(F)cc3)c(Cc3ccccc3)c3c(C)nc(C(C)C)nc32)cc1. The van der Waals surface area contributed by atoms with Gasteiger partial charge in [0.2, 0.25) is 5.91 Å². The Morgan fingerprint density at radius 2 is 1.59 bits per heavy atom. The van der Waals surface area contributed by atoms with Gasteiger partial charge < -0.3 is 14.6 Å². The third kappa shape index (κ3) is 6.67. The number of halogens is 1. The second kappa shape index (κ2) is 13.4. The van der Waals surface area contributed by atoms with Crippen LogP contribution in [0.25, 0.3) is 22.3 Å². The van der Waals surface area contributed by atoms with E-state index in [0.717, 1.165) is 56.2 Å². The van der Waals surface area contributed by atoms with Gasteiger partial charge in [0, 0.05) is 24.3 Å². The number of aromatic nitrogens is 3. The van der Waals surface area contributed by atoms with Crippen molar-refractivity contribution in [2.45, 2.75) is 66.0 Å². The zero-order valence-corrected chi connectivity index (χ0v) is 26.4. The number of rotatable bonds is 11. The first-order valence-electron chi connectivity index (χ1n) is 15.3. The quantitative estimate of drug-likeness (QED) is 0.168. The monoisotopic (exact) mass is 592 g/mol. The van der Waals surface area contributed by atoms with Gasteiger partial charge in [-0.2, -0.15) is 0 Å². The van der Waals surface area contributed by atoms with Crippen molar-refractivity contribution in [2.75, 3.05) is 7.11 Å². The lowest BCUT2D eigenvalue weighted by molar-refractivity contribution is -0.124. The number of methoxy groups -OCH3 is 1. The van der Waals surface area contributed by atoms with Crippen LogP contribution in [0, 0.1) is 18.7 Å². The van der Waals surface area contributed by atoms with Crippen LogP contribution in [0.2, 0.25) is 0 Å². The largest absolute Gasteiger partial charge is 0.497 e. The first-order valence-corrected chi connectivity index (χ1v) is 15.3. The van der Waals surface area contributed by atoms with Crippen LogP contribution < -0.4 is 10.1 Å². The number of amides is 1. The average molecular weight is 593 g/mol. The molecule has 2 heterocycles. The zero-order valence-electron chi connectivity index (χ0n) is 26.4. The van der Waals surface area contributed by atoms with E-state index >= 15 is 0 Å². The molecule has 1 N–H and O–H groups in total. The second-order valence-corrected chi connectivity index (χ2v) is 12.1. The van der Waals surface area contributed by atoms with Crippen molar-refractivity contribution >= 4 is 16.9 Å². The summed E-state index contributed by atoms with van der Waals surface area (Å²) in [5.74, 6) is 1.41. The third-order valence-electron chi connectivity index (χ3n) is 7.94. The Morgan fingerprint density at radius 3 is 2.20 bits per heavy atom. The Balaban J connectivity index is 1.74. The Labute approximate surface area is 259 Å². The molecule has 0 radical (unpaired) electrons. The molecule has 0 fully saturated rings. The molecule has 0 aliphatic heterocycles. The van der Waals surface area contributed by atoms with Crippen molar-refractivity contribution < 1.29 is 13.9 Å². The van der Waals surface area contributed by atoms with E-state index in [2.05, 4.69) is 49.7 Å². The molecule has 5 aromatic rings. The van der Waals surface area contributed by atoms with Crippen molar-refractivity contribution in [3.63, 3.8) is 0 Å². The van der Waals surface area contributed by atoms with Crippen LogP contribution in [0.3, 0.4) is 0 Å². The van der Waals surface area contributed by atoms with Crippen LogP contribution in [0.1, 0.15) is 74.3 Å². The summed E-state index contributed by atoms with van der Waals surface area (Å²) < 4.78 is 21.6. The molecule has 0 aliphatic carbocycles. The molecule has 5 rings (SSSR count). The molecule has 6 nitrogen and oxygen atoms in total. The summed E-state index contributed by atoms with van der Waals surface area (Å²) in [5, 5.41) is 4.14. The normalized spacial score (nSPS) is 12.2. The number of ether oxygens (including phenoxy) is 1. The molecule has 1 unspecified atom stereocenters. The number of aryl methyl sites for hydroxylation is 1. The molecule has 0 spiro atoms. The minimum absolute atomic E-state index is 0.0941. The van der Waals surface area contributed by atoms with Gasteiger partial charge in [0.25, 0.3) is 0 Å². The molecular weight excluding hydrogens is 551 g/mol. The minimum atomic E-state index is -0.561. The highest BCUT2D eigenvalue weighted by atomic mass is 19.1. The first kappa shape index (κ1) is 30.9. The maximum absolute atomic E-state index is 14.3. The van der Waals surface area contributed by atoms with Gasteiger partial charge in [0.1, 0.15) is 29.1 Å². The molecular formula is C37H41FN4O2. The standard InChI is InChI=1S/C37H41FN4O2/c1-23(2)20-32(37(43)39-22-27-12-18-30(44-6)19-13-27)42-34(28-14-16-29(38)17-15-28)31(21-26-10-8-7-9-11-26)33-25(5)40-35(24(3)4)41-36(33)42/h7-19,23-24,32H,20-22H2,1-6H3,(H,39,43). The minimum Gasteiger partial charge on any atom is -0.497 e. The van der Waals surface area contributed by atoms with Crippen molar-refractivity contribution in [1.29, 1.82) is 0 Å². The predicted molar refractivity (Wildman–Crippen MR) is 174 cm³/mol. The summed E-state index contributed by atoms with van der Waals surface area (Å²) in [4.78, 5) is 24.3. The molecule has 228 valence electrons. The van der Waals surface area contributed by atoms with Gasteiger partial charge in [-0.25, -0.2) is 14.4 Å². The molecule has 0 saturated carbocycles. The first-order chi connectivity index (χ1) is 21.2. The fourth-order valence-electron chi connectivity index (χ4n) is 5.76. The Bertz CT molecular complexity index is 1730. The lowest BCUT2D eigenvalue weighted by atomic mass is 9.97. The molecule has 0 aliphatic rings. The average Bonchev–Trinajstić information content (AvgIpc) is 3.33. The van der Waals surface area contributed by atoms with E-state index < -0.39 is 6.04 Å². The zero-order chi connectivity index (χ0) is 31.4. The number of hydrogen-bond acceptors (Lipinski definition) is 4. The lowest BCUT2D eigenvalue weighted by Gasteiger charge is -2.24. The molecule has 44 heavy (non-hydrogen) atoms. The maximum Gasteiger partial charge on any atom is 0.243 e. The van der Waals surface area contributed by atoms with E-state index in [1.165, 1.54) is 12.1 Å². The van der Waals surface area contributed by atoms with E-state index in [0.29, 0.717) is 19.4 Å². The molecule has 7 heteroatoms. The van der Waals surface area contributed by atoms with Crippen molar-refractivity contribution in [3.05, 3.63) is 113 Å². The number of carbonyl (C=O) groups is 1. The van der Waals surface area contributed by atoms with Gasteiger partial charge in [-0.3, -0.25) is 4.79 Å². The molecule has 1 amide bonds. The molecule has 0 bridgehead atoms. The van der Waals surface area contributed by atoms with Crippen LogP contribution in [-0.2, 0) is 17.8 Å². The third-order valence-corrected chi connectivity index (χ3v) is 7.94. The Morgan fingerprint density at radius 1 is 0.909 bits per heavy atom. The van der Waals surface area contributed by atoms with Gasteiger partial charge >= 0.3 is 0 Å². The van der Waals surface area contributed by atoms with Crippen LogP contribution in [0.4, 0.5) is 4.39 Å². The van der Waals surface area contributed by atoms with Crippen LogP contribution in [-0.4, -0.2) is 27.6 Å². The van der Waals surface area contributed by atoms with Crippen LogP contribution in [0.5, 0.6) is 5.75 Å². The molecule has 0 saturated heterocycles. The number of fused-ring (bicyclic) bond motifs is 1. The summed E-state index contributed by atoms with van der Waals surface area (Å²) in [6.07, 6.45) is 1.21. The molecule has 1 atom stereocenters. The summed E-state index contributed by atoms with van der Waals surface area (Å²) >= 11 is 0. The summed E-state index contributed by atoms with van der Waals surface area (Å²) in [7, 11) is 1.63. The topological polar surface area (TPSA) is 69.0 Å². The second-order valence-electron chi connectivity index (χ2n) is 12.1. The number of nitrogens with zero attached hydrogens (tertiary/aromatic N) is 3. The lowest BCUT2D eigenvalue weighted by Crippen LogP contribution is -2.33. The number of carbonyl (C=O) groups excluding carboxylic acids is 1. The van der Waals surface area contributed by atoms with Crippen LogP contribution >= 0.6 is 0 Å². The van der Waals surface area contributed by atoms with Crippen molar-refractivity contribution in [2.24, 2.45) is 5.92 Å². The summed E-state index contributed by atoms with van der Waals surface area (Å²) in [6.45, 7) is 10.8. The van der Waals surface area contributed by atoms with Gasteiger partial charge in [-0.15, -0.1) is 0 Å². The highest BCUT2D eigenvalue weighted by Crippen LogP contribution is 2.40. The van der Waals surface area contributed by atoms with E-state index in [1.54, 1.807) is 19.2 Å². The van der Waals surface area contributed by atoms with E-state index in [9.17, 15) is 9.18 Å². The molecule has 2 aromatic heterocycles. The van der Waals surface area contributed by atoms with E-state index in [4.69, 9.17) is 14.7 Å². The van der Waals surface area contributed by atoms with Gasteiger partial charge in [0.15, 0.2) is 0 Å². The number of benzene rings is 3. The van der Waals surface area contributed by atoms with Crippen molar-refractivity contribution in [1.82, 2.24) is 19.9 Å². The summed E-state index contributed by atoms with van der Waals surface area (Å²) in [6, 6.07) is 23.9. The van der Waals surface area contributed by atoms with E-state index in [-0.39, 0.29) is 23.6 Å². The van der Waals surface area contributed by atoms with Gasteiger partial charge in [-0.1, -0.05) is 70.2 Å². The van der Waals surface area contributed by atoms with Crippen LogP contribution in [0.15, 0.2) is 78.9 Å². The highest BCUT2D eigenvalue weighted by Gasteiger charge is 2.31. The smallest absolute Gasteiger partial charge is 0.243 e. The predicted octanol–water partition coefficient (Wildman–Crippen LogP) is 8.17. The van der Waals surface area contributed by atoms with Gasteiger partial charge in [0.05, 0.1) is 18.5 Å². The Hall–Kier alpha value is -4.52. The van der Waals surface area contributed by atoms with E-state index in [1.807, 2.05) is 49.4 Å². The summed E-state index contributed by atoms with van der Waals surface area (Å²) in [5.41, 5.74) is 6.44. The number of nitrogens with one attached hydrogen (secondary N) is 1. The fraction of sp³-hybridized carbons (Fsp3) is 0.324. The maximum atomic E-state index is 14.3. The Kier molecular flexibility index (Phi) is 9.43. The van der Waals surface area contributed by atoms with Gasteiger partial charge in [-0.05, 0) is 77.9 Å². The van der Waals surface area contributed by atoms with Crippen molar-refractivity contribution in [3.8, 4) is 17.0 Å². The number of hydrogen-bond donors (Lipinski definition) is 1. The molecule has 3 aromatic carbocycles.